The highest BCUT2D eigenvalue weighted by molar-refractivity contribution is 5.41. The Morgan fingerprint density at radius 2 is 2.00 bits per heavy atom. The molecule has 0 atom stereocenters. The van der Waals surface area contributed by atoms with Crippen molar-refractivity contribution in [3.8, 4) is 6.01 Å². The molecule has 0 N–H and O–H groups in total. The third kappa shape index (κ3) is 1.78. The first-order valence-corrected chi connectivity index (χ1v) is 4.94. The van der Waals surface area contributed by atoms with Gasteiger partial charge in [0.1, 0.15) is 5.82 Å². The molecule has 1 aromatic heterocycles. The van der Waals surface area contributed by atoms with E-state index in [4.69, 9.17) is 4.74 Å². The maximum absolute atomic E-state index is 5.05. The van der Waals surface area contributed by atoms with Gasteiger partial charge in [-0.25, -0.2) is 4.98 Å². The van der Waals surface area contributed by atoms with E-state index in [1.165, 1.54) is 12.8 Å². The van der Waals surface area contributed by atoms with E-state index in [-0.39, 0.29) is 0 Å². The molecule has 2 heterocycles. The van der Waals surface area contributed by atoms with Crippen LogP contribution in [0.1, 0.15) is 18.5 Å². The number of hydrogen-bond donors (Lipinski definition) is 0. The van der Waals surface area contributed by atoms with E-state index in [1.54, 1.807) is 7.11 Å². The van der Waals surface area contributed by atoms with Crippen LogP contribution in [-0.4, -0.2) is 30.2 Å². The average Bonchev–Trinajstić information content (AvgIpc) is 2.69. The lowest BCUT2D eigenvalue weighted by Crippen LogP contribution is -2.19. The lowest BCUT2D eigenvalue weighted by atomic mass is 10.4. The van der Waals surface area contributed by atoms with Gasteiger partial charge in [0.05, 0.1) is 7.11 Å². The van der Waals surface area contributed by atoms with Gasteiger partial charge in [-0.05, 0) is 19.8 Å². The monoisotopic (exact) mass is 193 g/mol. The van der Waals surface area contributed by atoms with Crippen molar-refractivity contribution in [3.63, 3.8) is 0 Å². The molecular formula is C10H15N3O. The van der Waals surface area contributed by atoms with Crippen LogP contribution in [0.4, 0.5) is 5.82 Å². The summed E-state index contributed by atoms with van der Waals surface area (Å²) in [4.78, 5) is 10.8. The van der Waals surface area contributed by atoms with Gasteiger partial charge in [-0.1, -0.05) is 0 Å². The van der Waals surface area contributed by atoms with E-state index in [0.717, 1.165) is 24.6 Å². The number of aryl methyl sites for hydroxylation is 1. The molecule has 4 heteroatoms. The highest BCUT2D eigenvalue weighted by Crippen LogP contribution is 2.20. The molecule has 4 nitrogen and oxygen atoms in total. The molecular weight excluding hydrogens is 178 g/mol. The van der Waals surface area contributed by atoms with Crippen LogP contribution in [0.25, 0.3) is 0 Å². The van der Waals surface area contributed by atoms with E-state index < -0.39 is 0 Å². The van der Waals surface area contributed by atoms with Gasteiger partial charge < -0.3 is 9.64 Å². The summed E-state index contributed by atoms with van der Waals surface area (Å²) < 4.78 is 5.05. The fourth-order valence-corrected chi connectivity index (χ4v) is 1.72. The highest BCUT2D eigenvalue weighted by Gasteiger charge is 2.14. The van der Waals surface area contributed by atoms with Crippen molar-refractivity contribution in [2.24, 2.45) is 0 Å². The Hall–Kier alpha value is -1.32. The van der Waals surface area contributed by atoms with E-state index in [0.29, 0.717) is 6.01 Å². The minimum atomic E-state index is 0.465. The number of rotatable bonds is 2. The third-order valence-electron chi connectivity index (χ3n) is 2.43. The number of methoxy groups -OCH3 is 1. The summed E-state index contributed by atoms with van der Waals surface area (Å²) >= 11 is 0. The Labute approximate surface area is 83.9 Å². The normalized spacial score (nSPS) is 16.0. The van der Waals surface area contributed by atoms with Gasteiger partial charge in [0.15, 0.2) is 0 Å². The van der Waals surface area contributed by atoms with Crippen molar-refractivity contribution < 1.29 is 4.74 Å². The maximum Gasteiger partial charge on any atom is 0.318 e. The Balaban J connectivity index is 2.27. The van der Waals surface area contributed by atoms with E-state index in [1.807, 2.05) is 13.0 Å². The molecule has 0 spiro atoms. The van der Waals surface area contributed by atoms with Crippen LogP contribution in [0.15, 0.2) is 6.07 Å². The van der Waals surface area contributed by atoms with Gasteiger partial charge in [0, 0.05) is 24.8 Å². The van der Waals surface area contributed by atoms with Crippen molar-refractivity contribution in [1.82, 2.24) is 9.97 Å². The Bertz CT molecular complexity index is 321. The molecule has 0 saturated carbocycles. The van der Waals surface area contributed by atoms with Gasteiger partial charge in [0.2, 0.25) is 0 Å². The first-order chi connectivity index (χ1) is 6.79. The quantitative estimate of drug-likeness (QED) is 0.711. The molecule has 14 heavy (non-hydrogen) atoms. The number of aromatic nitrogens is 2. The smallest absolute Gasteiger partial charge is 0.318 e. The van der Waals surface area contributed by atoms with Crippen LogP contribution in [0.3, 0.4) is 0 Å². The van der Waals surface area contributed by atoms with Gasteiger partial charge in [0.25, 0.3) is 0 Å². The summed E-state index contributed by atoms with van der Waals surface area (Å²) in [7, 11) is 1.60. The number of hydrogen-bond acceptors (Lipinski definition) is 4. The molecule has 2 rings (SSSR count). The van der Waals surface area contributed by atoms with Crippen molar-refractivity contribution in [1.29, 1.82) is 0 Å². The Kier molecular flexibility index (Phi) is 2.52. The second-order valence-corrected chi connectivity index (χ2v) is 3.55. The van der Waals surface area contributed by atoms with Gasteiger partial charge in [-0.2, -0.15) is 4.98 Å². The molecule has 0 aromatic carbocycles. The molecule has 0 unspecified atom stereocenters. The van der Waals surface area contributed by atoms with Gasteiger partial charge >= 0.3 is 6.01 Å². The summed E-state index contributed by atoms with van der Waals surface area (Å²) in [5.74, 6) is 0.992. The first kappa shape index (κ1) is 9.24. The lowest BCUT2D eigenvalue weighted by molar-refractivity contribution is 0.379. The average molecular weight is 193 g/mol. The SMILES string of the molecule is COc1nc(C)cc(N2CCCC2)n1. The second kappa shape index (κ2) is 3.82. The van der Waals surface area contributed by atoms with Crippen LogP contribution in [-0.2, 0) is 0 Å². The number of anilines is 1. The highest BCUT2D eigenvalue weighted by atomic mass is 16.5. The summed E-state index contributed by atoms with van der Waals surface area (Å²) in [6, 6.07) is 2.47. The van der Waals surface area contributed by atoms with E-state index in [2.05, 4.69) is 14.9 Å². The minimum absolute atomic E-state index is 0.465. The molecule has 1 fully saturated rings. The van der Waals surface area contributed by atoms with Crippen molar-refractivity contribution >= 4 is 5.82 Å². The third-order valence-corrected chi connectivity index (χ3v) is 2.43. The van der Waals surface area contributed by atoms with Crippen LogP contribution in [0.5, 0.6) is 6.01 Å². The zero-order valence-electron chi connectivity index (χ0n) is 8.66. The topological polar surface area (TPSA) is 38.2 Å². The molecule has 1 aliphatic heterocycles. The van der Waals surface area contributed by atoms with Gasteiger partial charge in [-0.3, -0.25) is 0 Å². The molecule has 1 saturated heterocycles. The molecule has 1 aliphatic rings. The molecule has 0 radical (unpaired) electrons. The van der Waals surface area contributed by atoms with E-state index in [9.17, 15) is 0 Å². The number of nitrogens with zero attached hydrogens (tertiary/aromatic N) is 3. The zero-order valence-corrected chi connectivity index (χ0v) is 8.66. The molecule has 0 bridgehead atoms. The maximum atomic E-state index is 5.05. The molecule has 1 aromatic rings. The van der Waals surface area contributed by atoms with Crippen LogP contribution >= 0.6 is 0 Å². The zero-order chi connectivity index (χ0) is 9.97. The standard InChI is InChI=1S/C10H15N3O/c1-8-7-9(12-10(11-8)14-2)13-5-3-4-6-13/h7H,3-6H2,1-2H3. The van der Waals surface area contributed by atoms with Crippen LogP contribution < -0.4 is 9.64 Å². The fraction of sp³-hybridized carbons (Fsp3) is 0.600. The summed E-state index contributed by atoms with van der Waals surface area (Å²) in [6.07, 6.45) is 2.51. The molecule has 0 aliphatic carbocycles. The summed E-state index contributed by atoms with van der Waals surface area (Å²) in [6.45, 7) is 4.16. The minimum Gasteiger partial charge on any atom is -0.467 e. The summed E-state index contributed by atoms with van der Waals surface area (Å²) in [5, 5.41) is 0. The van der Waals surface area contributed by atoms with Crippen LogP contribution in [0, 0.1) is 6.92 Å². The first-order valence-electron chi connectivity index (χ1n) is 4.94. The largest absolute Gasteiger partial charge is 0.467 e. The molecule has 76 valence electrons. The molecule has 0 amide bonds. The van der Waals surface area contributed by atoms with Crippen molar-refractivity contribution in [2.75, 3.05) is 25.1 Å². The Morgan fingerprint density at radius 1 is 1.29 bits per heavy atom. The van der Waals surface area contributed by atoms with Crippen LogP contribution in [0.2, 0.25) is 0 Å². The fourth-order valence-electron chi connectivity index (χ4n) is 1.72. The lowest BCUT2D eigenvalue weighted by Gasteiger charge is -2.16. The predicted molar refractivity (Wildman–Crippen MR) is 54.8 cm³/mol. The van der Waals surface area contributed by atoms with Gasteiger partial charge in [-0.15, -0.1) is 0 Å². The van der Waals surface area contributed by atoms with E-state index >= 15 is 0 Å². The predicted octanol–water partition coefficient (Wildman–Crippen LogP) is 1.39. The summed E-state index contributed by atoms with van der Waals surface area (Å²) in [5.41, 5.74) is 0.957. The van der Waals surface area contributed by atoms with Crippen molar-refractivity contribution in [2.45, 2.75) is 19.8 Å². The van der Waals surface area contributed by atoms with Crippen molar-refractivity contribution in [3.05, 3.63) is 11.8 Å². The number of ether oxygens (including phenoxy) is 1. The Morgan fingerprint density at radius 3 is 2.64 bits per heavy atom. The second-order valence-electron chi connectivity index (χ2n) is 3.55.